The van der Waals surface area contributed by atoms with Crippen LogP contribution in [-0.2, 0) is 24.6 Å². The molecule has 114 valence electrons. The molecule has 1 aromatic heterocycles. The van der Waals surface area contributed by atoms with E-state index in [-0.39, 0.29) is 5.60 Å². The normalized spacial score (nSPS) is 18.9. The maximum atomic E-state index is 5.76. The van der Waals surface area contributed by atoms with E-state index in [1.165, 1.54) is 29.4 Å². The van der Waals surface area contributed by atoms with E-state index in [0.29, 0.717) is 6.04 Å². The summed E-state index contributed by atoms with van der Waals surface area (Å²) in [6.45, 7) is 2.14. The predicted molar refractivity (Wildman–Crippen MR) is 85.0 cm³/mol. The van der Waals surface area contributed by atoms with E-state index in [1.54, 1.807) is 0 Å². The maximum absolute atomic E-state index is 5.76. The highest BCUT2D eigenvalue weighted by Gasteiger charge is 2.39. The lowest BCUT2D eigenvalue weighted by Crippen LogP contribution is -2.46. The fourth-order valence-electron chi connectivity index (χ4n) is 3.06. The Morgan fingerprint density at radius 3 is 2.60 bits per heavy atom. The Bertz CT molecular complexity index is 449. The van der Waals surface area contributed by atoms with Crippen LogP contribution in [0.15, 0.2) is 4.47 Å². The lowest BCUT2D eigenvalue weighted by atomic mass is 9.75. The van der Waals surface area contributed by atoms with Crippen molar-refractivity contribution >= 4 is 15.9 Å². The molecule has 1 aliphatic carbocycles. The van der Waals surface area contributed by atoms with Crippen LogP contribution < -0.4 is 5.32 Å². The van der Waals surface area contributed by atoms with E-state index in [2.05, 4.69) is 33.3 Å². The van der Waals surface area contributed by atoms with Crippen molar-refractivity contribution in [1.29, 1.82) is 0 Å². The SMILES string of the molecule is CCc1nn(C)c(CC(CC2(OC)CCC2)NC)c1Br. The molecule has 0 aliphatic heterocycles. The zero-order chi connectivity index (χ0) is 14.8. The number of rotatable bonds is 7. The molecule has 1 atom stereocenters. The number of likely N-dealkylation sites (N-methyl/N-ethyl adjacent to an activating group) is 1. The second-order valence-corrected chi connectivity index (χ2v) is 6.61. The molecule has 0 radical (unpaired) electrons. The highest BCUT2D eigenvalue weighted by atomic mass is 79.9. The molecule has 5 heteroatoms. The molecule has 0 amide bonds. The molecule has 1 aromatic rings. The van der Waals surface area contributed by atoms with E-state index in [4.69, 9.17) is 4.74 Å². The van der Waals surface area contributed by atoms with Gasteiger partial charge in [-0.2, -0.15) is 5.10 Å². The van der Waals surface area contributed by atoms with E-state index in [0.717, 1.165) is 25.0 Å². The molecular weight excluding hydrogens is 318 g/mol. The van der Waals surface area contributed by atoms with Crippen molar-refractivity contribution in [2.24, 2.45) is 7.05 Å². The Labute approximate surface area is 130 Å². The second-order valence-electron chi connectivity index (χ2n) is 5.82. The van der Waals surface area contributed by atoms with Gasteiger partial charge in [-0.05, 0) is 55.1 Å². The zero-order valence-electron chi connectivity index (χ0n) is 13.0. The summed E-state index contributed by atoms with van der Waals surface area (Å²) in [4.78, 5) is 0. The first kappa shape index (κ1) is 16.0. The van der Waals surface area contributed by atoms with Crippen LogP contribution in [0.2, 0.25) is 0 Å². The second kappa shape index (κ2) is 6.58. The van der Waals surface area contributed by atoms with Crippen molar-refractivity contribution in [2.45, 2.75) is 57.1 Å². The molecular formula is C15H26BrN3O. The largest absolute Gasteiger partial charge is 0.378 e. The molecule has 1 aliphatic rings. The number of aryl methyl sites for hydroxylation is 2. The third-order valence-electron chi connectivity index (χ3n) is 4.67. The van der Waals surface area contributed by atoms with Crippen LogP contribution in [0.4, 0.5) is 0 Å². The van der Waals surface area contributed by atoms with Crippen LogP contribution in [0.3, 0.4) is 0 Å². The van der Waals surface area contributed by atoms with Crippen LogP contribution in [0, 0.1) is 0 Å². The Morgan fingerprint density at radius 2 is 2.20 bits per heavy atom. The monoisotopic (exact) mass is 343 g/mol. The first-order valence-electron chi connectivity index (χ1n) is 7.48. The lowest BCUT2D eigenvalue weighted by Gasteiger charge is -2.42. The molecule has 1 unspecified atom stereocenters. The van der Waals surface area contributed by atoms with Gasteiger partial charge in [0.1, 0.15) is 0 Å². The summed E-state index contributed by atoms with van der Waals surface area (Å²) in [7, 11) is 5.92. The third kappa shape index (κ3) is 3.10. The van der Waals surface area contributed by atoms with Gasteiger partial charge in [0.2, 0.25) is 0 Å². The third-order valence-corrected chi connectivity index (χ3v) is 5.58. The Kier molecular flexibility index (Phi) is 5.26. The summed E-state index contributed by atoms with van der Waals surface area (Å²) in [5, 5.41) is 8.03. The van der Waals surface area contributed by atoms with Crippen LogP contribution in [0.5, 0.6) is 0 Å². The van der Waals surface area contributed by atoms with Crippen molar-refractivity contribution < 1.29 is 4.74 Å². The number of aromatic nitrogens is 2. The molecule has 1 saturated carbocycles. The fourth-order valence-corrected chi connectivity index (χ4v) is 3.84. The molecule has 4 nitrogen and oxygen atoms in total. The average molecular weight is 344 g/mol. The number of hydrogen-bond acceptors (Lipinski definition) is 3. The average Bonchev–Trinajstić information content (AvgIpc) is 2.68. The van der Waals surface area contributed by atoms with Gasteiger partial charge in [0.25, 0.3) is 0 Å². The van der Waals surface area contributed by atoms with Crippen molar-refractivity contribution in [2.75, 3.05) is 14.2 Å². The van der Waals surface area contributed by atoms with Gasteiger partial charge in [-0.3, -0.25) is 4.68 Å². The number of methoxy groups -OCH3 is 1. The minimum atomic E-state index is 0.104. The smallest absolute Gasteiger partial charge is 0.0766 e. The minimum Gasteiger partial charge on any atom is -0.378 e. The van der Waals surface area contributed by atoms with E-state index < -0.39 is 0 Å². The number of nitrogens with zero attached hydrogens (tertiary/aromatic N) is 2. The minimum absolute atomic E-state index is 0.104. The highest BCUT2D eigenvalue weighted by Crippen LogP contribution is 2.39. The van der Waals surface area contributed by atoms with Gasteiger partial charge in [0, 0.05) is 26.6 Å². The highest BCUT2D eigenvalue weighted by molar-refractivity contribution is 9.10. The van der Waals surface area contributed by atoms with Crippen LogP contribution in [0.25, 0.3) is 0 Å². The van der Waals surface area contributed by atoms with Crippen molar-refractivity contribution in [1.82, 2.24) is 15.1 Å². The number of hydrogen-bond donors (Lipinski definition) is 1. The fraction of sp³-hybridized carbons (Fsp3) is 0.800. The van der Waals surface area contributed by atoms with Crippen molar-refractivity contribution in [3.8, 4) is 0 Å². The molecule has 0 aromatic carbocycles. The molecule has 0 spiro atoms. The predicted octanol–water partition coefficient (Wildman–Crippen LogP) is 2.83. The van der Waals surface area contributed by atoms with Crippen molar-refractivity contribution in [3.05, 3.63) is 15.9 Å². The summed E-state index contributed by atoms with van der Waals surface area (Å²) >= 11 is 3.71. The number of ether oxygens (including phenoxy) is 1. The molecule has 1 fully saturated rings. The van der Waals surface area contributed by atoms with Gasteiger partial charge in [-0.25, -0.2) is 0 Å². The van der Waals surface area contributed by atoms with E-state index in [9.17, 15) is 0 Å². The van der Waals surface area contributed by atoms with E-state index in [1.807, 2.05) is 25.9 Å². The zero-order valence-corrected chi connectivity index (χ0v) is 14.6. The van der Waals surface area contributed by atoms with Gasteiger partial charge in [0.05, 0.1) is 21.5 Å². The molecule has 0 bridgehead atoms. The van der Waals surface area contributed by atoms with Crippen LogP contribution in [0.1, 0.15) is 44.0 Å². The number of halogens is 1. The molecule has 1 N–H and O–H groups in total. The quantitative estimate of drug-likeness (QED) is 0.827. The summed E-state index contributed by atoms with van der Waals surface area (Å²) in [5.41, 5.74) is 2.51. The lowest BCUT2D eigenvalue weighted by molar-refractivity contribution is -0.0831. The van der Waals surface area contributed by atoms with Gasteiger partial charge < -0.3 is 10.1 Å². The topological polar surface area (TPSA) is 39.1 Å². The van der Waals surface area contributed by atoms with Crippen molar-refractivity contribution in [3.63, 3.8) is 0 Å². The first-order valence-corrected chi connectivity index (χ1v) is 8.27. The molecule has 1 heterocycles. The van der Waals surface area contributed by atoms with Gasteiger partial charge in [-0.1, -0.05) is 6.92 Å². The van der Waals surface area contributed by atoms with Gasteiger partial charge in [-0.15, -0.1) is 0 Å². The first-order chi connectivity index (χ1) is 9.55. The Hall–Kier alpha value is -0.390. The van der Waals surface area contributed by atoms with Crippen LogP contribution in [-0.4, -0.2) is 35.6 Å². The summed E-state index contributed by atoms with van der Waals surface area (Å²) in [5.74, 6) is 0. The molecule has 2 rings (SSSR count). The standard InChI is InChI=1S/C15H26BrN3O/c1-5-12-14(16)13(19(3)18-12)9-11(17-2)10-15(20-4)7-6-8-15/h11,17H,5-10H2,1-4H3. The number of nitrogens with one attached hydrogen (secondary N) is 1. The summed E-state index contributed by atoms with van der Waals surface area (Å²) in [6, 6.07) is 0.423. The summed E-state index contributed by atoms with van der Waals surface area (Å²) in [6.07, 6.45) is 6.67. The summed E-state index contributed by atoms with van der Waals surface area (Å²) < 4.78 is 8.93. The molecule has 20 heavy (non-hydrogen) atoms. The molecule has 0 saturated heterocycles. The van der Waals surface area contributed by atoms with Crippen LogP contribution >= 0.6 is 15.9 Å². The van der Waals surface area contributed by atoms with Gasteiger partial charge >= 0.3 is 0 Å². The van der Waals surface area contributed by atoms with E-state index >= 15 is 0 Å². The Morgan fingerprint density at radius 1 is 1.50 bits per heavy atom. The van der Waals surface area contributed by atoms with Gasteiger partial charge in [0.15, 0.2) is 0 Å². The Balaban J connectivity index is 2.08. The maximum Gasteiger partial charge on any atom is 0.0766 e.